The first-order chi connectivity index (χ1) is 20.2. The summed E-state index contributed by atoms with van der Waals surface area (Å²) in [6.07, 6.45) is -4.47. The largest absolute Gasteiger partial charge is 0.489 e. The number of halogens is 3. The van der Waals surface area contributed by atoms with Gasteiger partial charge in [0.25, 0.3) is 0 Å². The van der Waals surface area contributed by atoms with Gasteiger partial charge in [0.15, 0.2) is 0 Å². The van der Waals surface area contributed by atoms with Gasteiger partial charge in [-0.25, -0.2) is 4.79 Å². The number of ether oxygens (including phenoxy) is 2. The SMILES string of the molecule is CCOC(=O)C(=O)N(Cc1ccc(C#Cc2ccc(OCc3ccccc3)cc2)cc1)Cc1ccc(C(F)(F)F)cc1. The first-order valence-corrected chi connectivity index (χ1v) is 13.2. The Kier molecular flexibility index (Phi) is 10.0. The second kappa shape index (κ2) is 14.0. The van der Waals surface area contributed by atoms with E-state index in [1.807, 2.05) is 54.6 Å². The molecule has 5 nitrogen and oxygen atoms in total. The van der Waals surface area contributed by atoms with Crippen molar-refractivity contribution in [1.29, 1.82) is 0 Å². The van der Waals surface area contributed by atoms with Crippen LogP contribution in [0.25, 0.3) is 0 Å². The Morgan fingerprint density at radius 3 is 1.76 bits per heavy atom. The lowest BCUT2D eigenvalue weighted by molar-refractivity contribution is -0.160. The molecular weight excluding hydrogens is 543 g/mol. The Morgan fingerprint density at radius 1 is 0.714 bits per heavy atom. The fourth-order valence-electron chi connectivity index (χ4n) is 3.97. The van der Waals surface area contributed by atoms with Gasteiger partial charge in [-0.15, -0.1) is 0 Å². The smallest absolute Gasteiger partial charge is 0.416 e. The third kappa shape index (κ3) is 8.73. The van der Waals surface area contributed by atoms with E-state index >= 15 is 0 Å². The van der Waals surface area contributed by atoms with E-state index in [2.05, 4.69) is 11.8 Å². The number of amides is 1. The summed E-state index contributed by atoms with van der Waals surface area (Å²) < 4.78 is 49.4. The molecule has 0 fully saturated rings. The Balaban J connectivity index is 1.40. The third-order valence-corrected chi connectivity index (χ3v) is 6.17. The fourth-order valence-corrected chi connectivity index (χ4v) is 3.97. The van der Waals surface area contributed by atoms with Crippen LogP contribution in [0.15, 0.2) is 103 Å². The van der Waals surface area contributed by atoms with Crippen molar-refractivity contribution in [2.45, 2.75) is 32.8 Å². The summed E-state index contributed by atoms with van der Waals surface area (Å²) >= 11 is 0. The molecule has 0 bridgehead atoms. The zero-order valence-electron chi connectivity index (χ0n) is 22.9. The average Bonchev–Trinajstić information content (AvgIpc) is 3.00. The van der Waals surface area contributed by atoms with Gasteiger partial charge in [0.1, 0.15) is 12.4 Å². The first kappa shape index (κ1) is 29.9. The number of nitrogens with zero attached hydrogens (tertiary/aromatic N) is 1. The molecule has 4 aromatic carbocycles. The molecule has 0 radical (unpaired) electrons. The van der Waals surface area contributed by atoms with E-state index in [-0.39, 0.29) is 19.7 Å². The van der Waals surface area contributed by atoms with Gasteiger partial charge < -0.3 is 14.4 Å². The van der Waals surface area contributed by atoms with Crippen LogP contribution in [-0.2, 0) is 40.2 Å². The number of carbonyl (C=O) groups is 2. The van der Waals surface area contributed by atoms with Crippen molar-refractivity contribution in [2.75, 3.05) is 6.61 Å². The topological polar surface area (TPSA) is 55.8 Å². The average molecular weight is 572 g/mol. The second-order valence-electron chi connectivity index (χ2n) is 9.32. The van der Waals surface area contributed by atoms with Crippen molar-refractivity contribution in [3.63, 3.8) is 0 Å². The van der Waals surface area contributed by atoms with Crippen LogP contribution in [-0.4, -0.2) is 23.4 Å². The molecule has 4 rings (SSSR count). The number of carbonyl (C=O) groups excluding carboxylic acids is 2. The lowest BCUT2D eigenvalue weighted by Gasteiger charge is -2.22. The molecule has 1 amide bonds. The van der Waals surface area contributed by atoms with E-state index in [0.717, 1.165) is 34.6 Å². The summed E-state index contributed by atoms with van der Waals surface area (Å²) in [4.78, 5) is 26.2. The monoisotopic (exact) mass is 571 g/mol. The minimum Gasteiger partial charge on any atom is -0.489 e. The second-order valence-corrected chi connectivity index (χ2v) is 9.32. The van der Waals surface area contributed by atoms with Crippen molar-refractivity contribution in [3.05, 3.63) is 137 Å². The molecule has 0 saturated heterocycles. The molecule has 0 heterocycles. The van der Waals surface area contributed by atoms with Crippen LogP contribution in [0.2, 0.25) is 0 Å². The van der Waals surface area contributed by atoms with Gasteiger partial charge in [-0.05, 0) is 72.1 Å². The quantitative estimate of drug-likeness (QED) is 0.133. The van der Waals surface area contributed by atoms with Crippen molar-refractivity contribution < 1.29 is 32.2 Å². The van der Waals surface area contributed by atoms with Crippen molar-refractivity contribution in [2.24, 2.45) is 0 Å². The van der Waals surface area contributed by atoms with E-state index < -0.39 is 23.6 Å². The number of benzene rings is 4. The number of hydrogen-bond donors (Lipinski definition) is 0. The molecular formula is C34H28F3NO4. The van der Waals surface area contributed by atoms with Crippen molar-refractivity contribution >= 4 is 11.9 Å². The van der Waals surface area contributed by atoms with Gasteiger partial charge in [-0.1, -0.05) is 66.4 Å². The highest BCUT2D eigenvalue weighted by Gasteiger charge is 2.30. The molecule has 42 heavy (non-hydrogen) atoms. The van der Waals surface area contributed by atoms with Crippen molar-refractivity contribution in [3.8, 4) is 17.6 Å². The highest BCUT2D eigenvalue weighted by molar-refractivity contribution is 6.32. The molecule has 0 N–H and O–H groups in total. The lowest BCUT2D eigenvalue weighted by Crippen LogP contribution is -2.36. The standard InChI is InChI=1S/C34H28F3NO4/c1-2-41-33(40)32(39)38(23-28-14-18-30(19-15-28)34(35,36)37)22-27-12-10-25(11-13-27)8-9-26-16-20-31(21-17-26)42-24-29-6-4-3-5-7-29/h3-7,10-21H,2,22-24H2,1H3. The molecule has 0 aliphatic carbocycles. The number of esters is 1. The molecule has 0 unspecified atom stereocenters. The summed E-state index contributed by atoms with van der Waals surface area (Å²) in [5.74, 6) is 5.04. The molecule has 0 atom stereocenters. The van der Waals surface area contributed by atoms with Gasteiger partial charge in [0.05, 0.1) is 12.2 Å². The van der Waals surface area contributed by atoms with Crippen molar-refractivity contribution in [1.82, 2.24) is 4.90 Å². The van der Waals surface area contributed by atoms with Gasteiger partial charge in [-0.2, -0.15) is 13.2 Å². The molecule has 8 heteroatoms. The summed E-state index contributed by atoms with van der Waals surface area (Å²) in [5.41, 5.74) is 3.00. The highest BCUT2D eigenvalue weighted by atomic mass is 19.4. The first-order valence-electron chi connectivity index (χ1n) is 13.2. The summed E-state index contributed by atoms with van der Waals surface area (Å²) in [6, 6.07) is 29.0. The molecule has 0 aliphatic heterocycles. The molecule has 4 aromatic rings. The van der Waals surface area contributed by atoms with E-state index in [1.165, 1.54) is 17.0 Å². The van der Waals surface area contributed by atoms with E-state index in [0.29, 0.717) is 17.7 Å². The van der Waals surface area contributed by atoms with Crippen LogP contribution in [0.4, 0.5) is 13.2 Å². The maximum absolute atomic E-state index is 12.9. The fraction of sp³-hybridized carbons (Fsp3) is 0.176. The Morgan fingerprint density at radius 2 is 1.24 bits per heavy atom. The maximum Gasteiger partial charge on any atom is 0.416 e. The van der Waals surface area contributed by atoms with Gasteiger partial charge in [0.2, 0.25) is 0 Å². The van der Waals surface area contributed by atoms with E-state index in [1.54, 1.807) is 31.2 Å². The molecule has 0 saturated carbocycles. The Bertz CT molecular complexity index is 1540. The predicted molar refractivity (Wildman–Crippen MR) is 152 cm³/mol. The predicted octanol–water partition coefficient (Wildman–Crippen LogP) is 6.78. The maximum atomic E-state index is 12.9. The van der Waals surface area contributed by atoms with Crippen LogP contribution >= 0.6 is 0 Å². The summed E-state index contributed by atoms with van der Waals surface area (Å²) in [5, 5.41) is 0. The molecule has 0 aromatic heterocycles. The Labute approximate surface area is 242 Å². The number of hydrogen-bond acceptors (Lipinski definition) is 4. The van der Waals surface area contributed by atoms with E-state index in [4.69, 9.17) is 9.47 Å². The normalized spacial score (nSPS) is 10.8. The zero-order valence-corrected chi connectivity index (χ0v) is 22.9. The van der Waals surface area contributed by atoms with Gasteiger partial charge >= 0.3 is 18.1 Å². The lowest BCUT2D eigenvalue weighted by atomic mass is 10.1. The Hall–Kier alpha value is -5.03. The zero-order chi connectivity index (χ0) is 30.0. The van der Waals surface area contributed by atoms with Gasteiger partial charge in [0, 0.05) is 24.2 Å². The minimum atomic E-state index is -4.47. The molecule has 0 aliphatic rings. The molecule has 214 valence electrons. The van der Waals surface area contributed by atoms with Crippen LogP contribution in [0.3, 0.4) is 0 Å². The van der Waals surface area contributed by atoms with Crippen LogP contribution in [0, 0.1) is 11.8 Å². The number of alkyl halides is 3. The summed E-state index contributed by atoms with van der Waals surface area (Å²) in [6.45, 7) is 2.07. The summed E-state index contributed by atoms with van der Waals surface area (Å²) in [7, 11) is 0. The van der Waals surface area contributed by atoms with Gasteiger partial charge in [-0.3, -0.25) is 4.79 Å². The molecule has 0 spiro atoms. The van der Waals surface area contributed by atoms with Crippen LogP contribution < -0.4 is 4.74 Å². The number of rotatable bonds is 8. The van der Waals surface area contributed by atoms with Crippen LogP contribution in [0.1, 0.15) is 40.3 Å². The third-order valence-electron chi connectivity index (χ3n) is 6.17. The minimum absolute atomic E-state index is 0.0233. The highest BCUT2D eigenvalue weighted by Crippen LogP contribution is 2.29. The van der Waals surface area contributed by atoms with Crippen LogP contribution in [0.5, 0.6) is 5.75 Å². The van der Waals surface area contributed by atoms with E-state index in [9.17, 15) is 22.8 Å².